The van der Waals surface area contributed by atoms with Gasteiger partial charge in [0.05, 0.1) is 19.2 Å². The van der Waals surface area contributed by atoms with E-state index in [0.29, 0.717) is 35.6 Å². The maximum atomic E-state index is 12.0. The van der Waals surface area contributed by atoms with E-state index in [1.165, 1.54) is 0 Å². The minimum absolute atomic E-state index is 0.185. The molecule has 0 aliphatic carbocycles. The van der Waals surface area contributed by atoms with Crippen molar-refractivity contribution >= 4 is 16.7 Å². The SMILES string of the molecule is COc1ccc(C(=O)NCCCS(C)=O)cc1C#CCN. The Balaban J connectivity index is 2.74. The van der Waals surface area contributed by atoms with Gasteiger partial charge in [0.15, 0.2) is 0 Å². The van der Waals surface area contributed by atoms with E-state index in [-0.39, 0.29) is 12.5 Å². The quantitative estimate of drug-likeness (QED) is 0.592. The first-order valence-electron chi connectivity index (χ1n) is 6.53. The van der Waals surface area contributed by atoms with Crippen molar-refractivity contribution in [3.63, 3.8) is 0 Å². The van der Waals surface area contributed by atoms with Crippen molar-refractivity contribution in [2.75, 3.05) is 32.2 Å². The van der Waals surface area contributed by atoms with Crippen LogP contribution in [0.1, 0.15) is 22.3 Å². The van der Waals surface area contributed by atoms with E-state index in [9.17, 15) is 9.00 Å². The van der Waals surface area contributed by atoms with E-state index in [1.54, 1.807) is 31.6 Å². The topological polar surface area (TPSA) is 81.4 Å². The van der Waals surface area contributed by atoms with E-state index >= 15 is 0 Å². The summed E-state index contributed by atoms with van der Waals surface area (Å²) in [5, 5.41) is 2.79. The molecule has 0 spiro atoms. The summed E-state index contributed by atoms with van der Waals surface area (Å²) in [5.74, 6) is 6.62. The lowest BCUT2D eigenvalue weighted by atomic mass is 10.1. The van der Waals surface area contributed by atoms with Gasteiger partial charge in [-0.25, -0.2) is 0 Å². The first-order chi connectivity index (χ1) is 10.1. The van der Waals surface area contributed by atoms with Crippen LogP contribution in [0.25, 0.3) is 0 Å². The van der Waals surface area contributed by atoms with Crippen molar-refractivity contribution in [1.29, 1.82) is 0 Å². The Kier molecular flexibility index (Phi) is 7.51. The predicted molar refractivity (Wildman–Crippen MR) is 84.8 cm³/mol. The average molecular weight is 308 g/mol. The lowest BCUT2D eigenvalue weighted by Crippen LogP contribution is -2.25. The van der Waals surface area contributed by atoms with E-state index in [1.807, 2.05) is 0 Å². The first-order valence-corrected chi connectivity index (χ1v) is 8.26. The van der Waals surface area contributed by atoms with Gasteiger partial charge < -0.3 is 15.8 Å². The Bertz CT molecular complexity index is 576. The number of hydrogen-bond acceptors (Lipinski definition) is 4. The highest BCUT2D eigenvalue weighted by Crippen LogP contribution is 2.18. The molecule has 1 aromatic rings. The number of carbonyl (C=O) groups is 1. The van der Waals surface area contributed by atoms with Crippen molar-refractivity contribution in [2.45, 2.75) is 6.42 Å². The van der Waals surface area contributed by atoms with Crippen LogP contribution in [0.2, 0.25) is 0 Å². The van der Waals surface area contributed by atoms with Gasteiger partial charge in [-0.05, 0) is 24.6 Å². The molecular formula is C15H20N2O3S. The summed E-state index contributed by atoms with van der Waals surface area (Å²) in [6.45, 7) is 0.738. The average Bonchev–Trinajstić information content (AvgIpc) is 2.48. The molecule has 0 fully saturated rings. The summed E-state index contributed by atoms with van der Waals surface area (Å²) in [5.41, 5.74) is 6.49. The highest BCUT2D eigenvalue weighted by Gasteiger charge is 2.08. The minimum atomic E-state index is -0.835. The van der Waals surface area contributed by atoms with Gasteiger partial charge in [-0.15, -0.1) is 0 Å². The van der Waals surface area contributed by atoms with Crippen LogP contribution in [0, 0.1) is 11.8 Å². The van der Waals surface area contributed by atoms with Gasteiger partial charge in [0.2, 0.25) is 0 Å². The van der Waals surface area contributed by atoms with Crippen molar-refractivity contribution in [1.82, 2.24) is 5.32 Å². The Morgan fingerprint density at radius 2 is 2.24 bits per heavy atom. The number of hydrogen-bond donors (Lipinski definition) is 2. The monoisotopic (exact) mass is 308 g/mol. The molecule has 6 heteroatoms. The van der Waals surface area contributed by atoms with Gasteiger partial charge in [-0.3, -0.25) is 9.00 Å². The van der Waals surface area contributed by atoms with Crippen LogP contribution in [0.3, 0.4) is 0 Å². The van der Waals surface area contributed by atoms with Crippen molar-refractivity contribution in [3.8, 4) is 17.6 Å². The number of methoxy groups -OCH3 is 1. The normalized spacial score (nSPS) is 11.2. The van der Waals surface area contributed by atoms with Crippen LogP contribution in [-0.4, -0.2) is 42.3 Å². The highest BCUT2D eigenvalue weighted by atomic mass is 32.2. The van der Waals surface area contributed by atoms with Crippen molar-refractivity contribution < 1.29 is 13.7 Å². The third kappa shape index (κ3) is 5.98. The van der Waals surface area contributed by atoms with Gasteiger partial charge in [0, 0.05) is 34.9 Å². The lowest BCUT2D eigenvalue weighted by molar-refractivity contribution is 0.0953. The molecule has 1 rings (SSSR count). The van der Waals surface area contributed by atoms with E-state index < -0.39 is 10.8 Å². The second kappa shape index (κ2) is 9.16. The molecule has 1 unspecified atom stereocenters. The Morgan fingerprint density at radius 1 is 1.48 bits per heavy atom. The third-order valence-electron chi connectivity index (χ3n) is 2.68. The van der Waals surface area contributed by atoms with Crippen LogP contribution in [-0.2, 0) is 10.8 Å². The molecule has 114 valence electrons. The van der Waals surface area contributed by atoms with Gasteiger partial charge in [-0.2, -0.15) is 0 Å². The molecule has 1 atom stereocenters. The smallest absolute Gasteiger partial charge is 0.251 e. The van der Waals surface area contributed by atoms with E-state index in [4.69, 9.17) is 10.5 Å². The Labute approximate surface area is 127 Å². The fraction of sp³-hybridized carbons (Fsp3) is 0.400. The van der Waals surface area contributed by atoms with E-state index in [0.717, 1.165) is 0 Å². The molecule has 0 heterocycles. The third-order valence-corrected chi connectivity index (χ3v) is 3.54. The zero-order valence-electron chi connectivity index (χ0n) is 12.3. The van der Waals surface area contributed by atoms with Crippen LogP contribution >= 0.6 is 0 Å². The van der Waals surface area contributed by atoms with Crippen LogP contribution in [0.5, 0.6) is 5.75 Å². The van der Waals surface area contributed by atoms with Gasteiger partial charge in [0.1, 0.15) is 5.75 Å². The van der Waals surface area contributed by atoms with Crippen LogP contribution in [0.15, 0.2) is 18.2 Å². The number of carbonyl (C=O) groups excluding carboxylic acids is 1. The maximum Gasteiger partial charge on any atom is 0.251 e. The zero-order chi connectivity index (χ0) is 15.7. The number of benzene rings is 1. The fourth-order valence-electron chi connectivity index (χ4n) is 1.67. The Hall–Kier alpha value is -1.84. The molecule has 5 nitrogen and oxygen atoms in total. The molecule has 0 saturated carbocycles. The summed E-state index contributed by atoms with van der Waals surface area (Å²) < 4.78 is 16.1. The standard InChI is InChI=1S/C15H20N2O3S/c1-20-14-7-6-13(11-12(14)5-3-8-16)15(18)17-9-4-10-21(2)19/h6-7,11H,4,8-10,16H2,1-2H3,(H,17,18). The summed E-state index contributed by atoms with van der Waals surface area (Å²) in [4.78, 5) is 12.0. The van der Waals surface area contributed by atoms with Crippen LogP contribution in [0.4, 0.5) is 0 Å². The number of ether oxygens (including phenoxy) is 1. The maximum absolute atomic E-state index is 12.0. The minimum Gasteiger partial charge on any atom is -0.495 e. The van der Waals surface area contributed by atoms with Gasteiger partial charge in [-0.1, -0.05) is 11.8 Å². The molecule has 0 aliphatic heterocycles. The Morgan fingerprint density at radius 3 is 2.86 bits per heavy atom. The number of nitrogens with two attached hydrogens (primary N) is 1. The summed E-state index contributed by atoms with van der Waals surface area (Å²) in [6.07, 6.45) is 2.33. The van der Waals surface area contributed by atoms with Crippen molar-refractivity contribution in [3.05, 3.63) is 29.3 Å². The molecular weight excluding hydrogens is 288 g/mol. The molecule has 0 aromatic heterocycles. The molecule has 0 radical (unpaired) electrons. The molecule has 0 aliphatic rings. The molecule has 0 bridgehead atoms. The first kappa shape index (κ1) is 17.2. The largest absolute Gasteiger partial charge is 0.495 e. The summed E-state index contributed by atoms with van der Waals surface area (Å²) >= 11 is 0. The molecule has 3 N–H and O–H groups in total. The second-order valence-electron chi connectivity index (χ2n) is 4.31. The molecule has 0 saturated heterocycles. The number of rotatable bonds is 6. The molecule has 21 heavy (non-hydrogen) atoms. The second-order valence-corrected chi connectivity index (χ2v) is 5.86. The van der Waals surface area contributed by atoms with Gasteiger partial charge in [0.25, 0.3) is 5.91 Å². The summed E-state index contributed by atoms with van der Waals surface area (Å²) in [6, 6.07) is 5.06. The fourth-order valence-corrected chi connectivity index (χ4v) is 2.22. The predicted octanol–water partition coefficient (Wildman–Crippen LogP) is 0.504. The molecule has 1 amide bonds. The lowest BCUT2D eigenvalue weighted by Gasteiger charge is -2.08. The zero-order valence-corrected chi connectivity index (χ0v) is 13.1. The van der Waals surface area contributed by atoms with E-state index in [2.05, 4.69) is 17.2 Å². The number of amides is 1. The number of nitrogens with one attached hydrogen (secondary N) is 1. The van der Waals surface area contributed by atoms with Crippen LogP contribution < -0.4 is 15.8 Å². The van der Waals surface area contributed by atoms with Crippen molar-refractivity contribution in [2.24, 2.45) is 5.73 Å². The van der Waals surface area contributed by atoms with Gasteiger partial charge >= 0.3 is 0 Å². The summed E-state index contributed by atoms with van der Waals surface area (Å²) in [7, 11) is 0.715. The molecule has 1 aromatic carbocycles. The highest BCUT2D eigenvalue weighted by molar-refractivity contribution is 7.84.